The van der Waals surface area contributed by atoms with Crippen molar-refractivity contribution in [2.75, 3.05) is 32.7 Å². The Bertz CT molecular complexity index is 229. The molecule has 3 heteroatoms. The largest absolute Gasteiger partial charge is 0.374 e. The van der Waals surface area contributed by atoms with Crippen LogP contribution in [0.4, 0.5) is 0 Å². The summed E-state index contributed by atoms with van der Waals surface area (Å²) in [4.78, 5) is 7.09. The Labute approximate surface area is 99.3 Å². The molecule has 0 aromatic carbocycles. The second-order valence-corrected chi connectivity index (χ2v) is 5.04. The zero-order chi connectivity index (χ0) is 11.2. The quantitative estimate of drug-likeness (QED) is 0.791. The van der Waals surface area contributed by atoms with Crippen LogP contribution in [0.5, 0.6) is 0 Å². The van der Waals surface area contributed by atoms with Gasteiger partial charge in [0, 0.05) is 19.5 Å². The Morgan fingerprint density at radius 1 is 1.31 bits per heavy atom. The molecule has 1 fully saturated rings. The fourth-order valence-electron chi connectivity index (χ4n) is 2.61. The van der Waals surface area contributed by atoms with E-state index in [-0.39, 0.29) is 0 Å². The Morgan fingerprint density at radius 2 is 2.12 bits per heavy atom. The summed E-state index contributed by atoms with van der Waals surface area (Å²) < 4.78 is 0. The van der Waals surface area contributed by atoms with Crippen molar-refractivity contribution in [3.05, 3.63) is 0 Å². The lowest BCUT2D eigenvalue weighted by Crippen LogP contribution is -2.38. The molecule has 0 spiro atoms. The SMILES string of the molecule is CCN1CCC(CNC2=NCCCC2)CC1. The van der Waals surface area contributed by atoms with E-state index in [1.807, 2.05) is 0 Å². The number of hydrogen-bond acceptors (Lipinski definition) is 3. The molecule has 0 radical (unpaired) electrons. The van der Waals surface area contributed by atoms with Crippen molar-refractivity contribution in [2.45, 2.75) is 39.0 Å². The fourth-order valence-corrected chi connectivity index (χ4v) is 2.61. The summed E-state index contributed by atoms with van der Waals surface area (Å²) in [5, 5.41) is 3.56. The zero-order valence-electron chi connectivity index (χ0n) is 10.5. The lowest BCUT2D eigenvalue weighted by Gasteiger charge is -2.31. The third kappa shape index (κ3) is 3.48. The molecule has 0 aromatic heterocycles. The van der Waals surface area contributed by atoms with Crippen molar-refractivity contribution in [3.8, 4) is 0 Å². The molecule has 0 unspecified atom stereocenters. The summed E-state index contributed by atoms with van der Waals surface area (Å²) >= 11 is 0. The molecular formula is C13H25N3. The van der Waals surface area contributed by atoms with E-state index in [1.165, 1.54) is 57.6 Å². The molecule has 92 valence electrons. The minimum absolute atomic E-state index is 0.868. The van der Waals surface area contributed by atoms with Gasteiger partial charge in [-0.15, -0.1) is 0 Å². The molecule has 0 amide bonds. The van der Waals surface area contributed by atoms with E-state index >= 15 is 0 Å². The van der Waals surface area contributed by atoms with Gasteiger partial charge in [-0.2, -0.15) is 0 Å². The van der Waals surface area contributed by atoms with Gasteiger partial charge in [-0.1, -0.05) is 6.92 Å². The molecule has 0 atom stereocenters. The lowest BCUT2D eigenvalue weighted by molar-refractivity contribution is 0.193. The lowest BCUT2D eigenvalue weighted by atomic mass is 9.96. The van der Waals surface area contributed by atoms with Crippen molar-refractivity contribution in [1.29, 1.82) is 0 Å². The van der Waals surface area contributed by atoms with Crippen LogP contribution in [0.2, 0.25) is 0 Å². The van der Waals surface area contributed by atoms with Crippen LogP contribution in [0.25, 0.3) is 0 Å². The first-order valence-corrected chi connectivity index (χ1v) is 6.88. The number of rotatable bonds is 3. The normalized spacial score (nSPS) is 24.2. The maximum atomic E-state index is 4.54. The van der Waals surface area contributed by atoms with Gasteiger partial charge >= 0.3 is 0 Å². The minimum atomic E-state index is 0.868. The van der Waals surface area contributed by atoms with Crippen LogP contribution in [0.3, 0.4) is 0 Å². The third-order valence-electron chi connectivity index (χ3n) is 3.87. The Hall–Kier alpha value is -0.570. The van der Waals surface area contributed by atoms with E-state index < -0.39 is 0 Å². The van der Waals surface area contributed by atoms with E-state index in [1.54, 1.807) is 0 Å². The molecule has 2 heterocycles. The molecule has 2 aliphatic heterocycles. The summed E-state index contributed by atoms with van der Waals surface area (Å²) in [7, 11) is 0. The predicted octanol–water partition coefficient (Wildman–Crippen LogP) is 1.89. The van der Waals surface area contributed by atoms with Crippen molar-refractivity contribution >= 4 is 5.84 Å². The van der Waals surface area contributed by atoms with Gasteiger partial charge in [0.05, 0.1) is 5.84 Å². The van der Waals surface area contributed by atoms with E-state index in [2.05, 4.69) is 22.1 Å². The number of likely N-dealkylation sites (tertiary alicyclic amines) is 1. The molecule has 0 aliphatic carbocycles. The van der Waals surface area contributed by atoms with Gasteiger partial charge in [-0.25, -0.2) is 0 Å². The number of nitrogens with zero attached hydrogens (tertiary/aromatic N) is 2. The number of piperidine rings is 1. The zero-order valence-corrected chi connectivity index (χ0v) is 10.5. The van der Waals surface area contributed by atoms with Gasteiger partial charge < -0.3 is 10.2 Å². The van der Waals surface area contributed by atoms with Crippen LogP contribution in [0.1, 0.15) is 39.0 Å². The van der Waals surface area contributed by atoms with Crippen molar-refractivity contribution in [3.63, 3.8) is 0 Å². The molecular weight excluding hydrogens is 198 g/mol. The number of aliphatic imine (C=N–C) groups is 1. The maximum Gasteiger partial charge on any atom is 0.0963 e. The van der Waals surface area contributed by atoms with Gasteiger partial charge in [-0.05, 0) is 51.2 Å². The smallest absolute Gasteiger partial charge is 0.0963 e. The van der Waals surface area contributed by atoms with Gasteiger partial charge in [0.25, 0.3) is 0 Å². The average molecular weight is 223 g/mol. The Morgan fingerprint density at radius 3 is 2.75 bits per heavy atom. The molecule has 16 heavy (non-hydrogen) atoms. The highest BCUT2D eigenvalue weighted by atomic mass is 15.1. The van der Waals surface area contributed by atoms with Crippen LogP contribution in [-0.2, 0) is 0 Å². The van der Waals surface area contributed by atoms with E-state index in [9.17, 15) is 0 Å². The van der Waals surface area contributed by atoms with Crippen LogP contribution in [0.15, 0.2) is 4.99 Å². The summed E-state index contributed by atoms with van der Waals surface area (Å²) in [6.07, 6.45) is 6.48. The van der Waals surface area contributed by atoms with Crippen molar-refractivity contribution in [2.24, 2.45) is 10.9 Å². The highest BCUT2D eigenvalue weighted by molar-refractivity contribution is 5.82. The van der Waals surface area contributed by atoms with Crippen LogP contribution < -0.4 is 5.32 Å². The van der Waals surface area contributed by atoms with Crippen molar-refractivity contribution in [1.82, 2.24) is 10.2 Å². The van der Waals surface area contributed by atoms with E-state index in [0.29, 0.717) is 0 Å². The first-order chi connectivity index (χ1) is 7.88. The highest BCUT2D eigenvalue weighted by Gasteiger charge is 2.18. The van der Waals surface area contributed by atoms with Gasteiger partial charge in [0.2, 0.25) is 0 Å². The van der Waals surface area contributed by atoms with Crippen LogP contribution in [0, 0.1) is 5.92 Å². The summed E-state index contributed by atoms with van der Waals surface area (Å²) in [6.45, 7) is 8.24. The summed E-state index contributed by atoms with van der Waals surface area (Å²) in [5.74, 6) is 2.14. The molecule has 1 saturated heterocycles. The van der Waals surface area contributed by atoms with Crippen molar-refractivity contribution < 1.29 is 0 Å². The first-order valence-electron chi connectivity index (χ1n) is 6.88. The third-order valence-corrected chi connectivity index (χ3v) is 3.87. The van der Waals surface area contributed by atoms with Gasteiger partial charge in [-0.3, -0.25) is 4.99 Å². The maximum absolute atomic E-state index is 4.54. The topological polar surface area (TPSA) is 27.6 Å². The average Bonchev–Trinajstić information content (AvgIpc) is 2.38. The molecule has 0 saturated carbocycles. The van der Waals surface area contributed by atoms with Crippen LogP contribution >= 0.6 is 0 Å². The molecule has 1 N–H and O–H groups in total. The van der Waals surface area contributed by atoms with Gasteiger partial charge in [0.15, 0.2) is 0 Å². The standard InChI is InChI=1S/C13H25N3/c1-2-16-9-6-12(7-10-16)11-15-13-5-3-4-8-14-13/h12H,2-11H2,1H3,(H,14,15). The summed E-state index contributed by atoms with van der Waals surface area (Å²) in [6, 6.07) is 0. The highest BCUT2D eigenvalue weighted by Crippen LogP contribution is 2.16. The molecule has 2 rings (SSSR count). The fraction of sp³-hybridized carbons (Fsp3) is 0.923. The molecule has 0 aromatic rings. The minimum Gasteiger partial charge on any atom is -0.374 e. The molecule has 2 aliphatic rings. The second kappa shape index (κ2) is 6.24. The second-order valence-electron chi connectivity index (χ2n) is 5.04. The number of amidine groups is 1. The first kappa shape index (κ1) is 11.9. The van der Waals surface area contributed by atoms with Gasteiger partial charge in [0.1, 0.15) is 0 Å². The Balaban J connectivity index is 1.65. The van der Waals surface area contributed by atoms with Crippen LogP contribution in [-0.4, -0.2) is 43.5 Å². The number of nitrogens with one attached hydrogen (secondary N) is 1. The Kier molecular flexibility index (Phi) is 4.64. The predicted molar refractivity (Wildman–Crippen MR) is 69.0 cm³/mol. The number of hydrogen-bond donors (Lipinski definition) is 1. The monoisotopic (exact) mass is 223 g/mol. The summed E-state index contributed by atoms with van der Waals surface area (Å²) in [5.41, 5.74) is 0. The van der Waals surface area contributed by atoms with E-state index in [0.717, 1.165) is 19.0 Å². The van der Waals surface area contributed by atoms with E-state index in [4.69, 9.17) is 0 Å². The molecule has 3 nitrogen and oxygen atoms in total. The molecule has 0 bridgehead atoms.